The van der Waals surface area contributed by atoms with Crippen LogP contribution in [0.15, 0.2) is 69.4 Å². The molecule has 1 atom stereocenters. The van der Waals surface area contributed by atoms with Crippen LogP contribution in [-0.4, -0.2) is 57.5 Å². The van der Waals surface area contributed by atoms with Gasteiger partial charge in [0.15, 0.2) is 5.16 Å². The Bertz CT molecular complexity index is 1240. The van der Waals surface area contributed by atoms with Gasteiger partial charge in [-0.15, -0.1) is 11.8 Å². The molecule has 5 rings (SSSR count). The number of aromatic nitrogens is 2. The summed E-state index contributed by atoms with van der Waals surface area (Å²) < 4.78 is 1.68. The van der Waals surface area contributed by atoms with Gasteiger partial charge in [0.05, 0.1) is 22.0 Å². The molecule has 2 aliphatic rings. The molecule has 1 amide bonds. The topological polar surface area (TPSA) is 58.4 Å². The van der Waals surface area contributed by atoms with Crippen LogP contribution in [0.5, 0.6) is 0 Å². The molecule has 3 heterocycles. The molecule has 0 spiro atoms. The molecule has 34 heavy (non-hydrogen) atoms. The van der Waals surface area contributed by atoms with Crippen molar-refractivity contribution < 1.29 is 4.79 Å². The molecule has 1 saturated heterocycles. The first-order chi connectivity index (χ1) is 16.5. The minimum Gasteiger partial charge on any atom is -0.368 e. The first kappa shape index (κ1) is 23.1. The van der Waals surface area contributed by atoms with E-state index in [9.17, 15) is 9.59 Å². The lowest BCUT2D eigenvalue weighted by molar-refractivity contribution is -0.128. The van der Waals surface area contributed by atoms with Crippen LogP contribution in [-0.2, 0) is 11.2 Å². The normalized spacial score (nSPS) is 17.6. The van der Waals surface area contributed by atoms with Crippen molar-refractivity contribution in [2.45, 2.75) is 35.6 Å². The van der Waals surface area contributed by atoms with Crippen molar-refractivity contribution in [2.75, 3.05) is 36.8 Å². The highest BCUT2D eigenvalue weighted by Gasteiger charge is 2.28. The van der Waals surface area contributed by atoms with Crippen LogP contribution in [0, 0.1) is 6.92 Å². The summed E-state index contributed by atoms with van der Waals surface area (Å²) >= 11 is 2.96. The van der Waals surface area contributed by atoms with Gasteiger partial charge < -0.3 is 9.80 Å². The van der Waals surface area contributed by atoms with Gasteiger partial charge in [-0.3, -0.25) is 14.2 Å². The molecule has 2 aliphatic heterocycles. The second-order valence-electron chi connectivity index (χ2n) is 8.77. The number of amides is 1. The van der Waals surface area contributed by atoms with Gasteiger partial charge in [-0.2, -0.15) is 0 Å². The highest BCUT2D eigenvalue weighted by Crippen LogP contribution is 2.35. The Labute approximate surface area is 208 Å². The number of hydrogen-bond acceptors (Lipinski definition) is 6. The van der Waals surface area contributed by atoms with Crippen LogP contribution >= 0.6 is 23.5 Å². The number of benzene rings is 2. The number of carbonyl (C=O) groups is 1. The number of carbonyl (C=O) groups excluding carboxylic acids is 1. The highest BCUT2D eigenvalue weighted by molar-refractivity contribution is 8.00. The van der Waals surface area contributed by atoms with E-state index in [4.69, 9.17) is 4.98 Å². The number of fused-ring (bicyclic) bond motifs is 1. The average Bonchev–Trinajstić information content (AvgIpc) is 3.24. The quantitative estimate of drug-likeness (QED) is 0.396. The number of anilines is 1. The summed E-state index contributed by atoms with van der Waals surface area (Å²) in [5.41, 5.74) is 3.94. The van der Waals surface area contributed by atoms with Crippen molar-refractivity contribution in [2.24, 2.45) is 0 Å². The second kappa shape index (κ2) is 9.88. The summed E-state index contributed by atoms with van der Waals surface area (Å²) in [5, 5.41) is 0.933. The van der Waals surface area contributed by atoms with Crippen molar-refractivity contribution in [3.63, 3.8) is 0 Å². The van der Waals surface area contributed by atoms with Crippen LogP contribution in [0.2, 0.25) is 0 Å². The van der Waals surface area contributed by atoms with Crippen LogP contribution in [0.4, 0.5) is 5.69 Å². The average molecular weight is 493 g/mol. The molecule has 3 aromatic rings. The van der Waals surface area contributed by atoms with E-state index in [1.165, 1.54) is 17.4 Å². The van der Waals surface area contributed by atoms with Gasteiger partial charge in [0.2, 0.25) is 5.91 Å². The zero-order valence-corrected chi connectivity index (χ0v) is 21.1. The van der Waals surface area contributed by atoms with Gasteiger partial charge in [0.1, 0.15) is 0 Å². The molecule has 2 aromatic carbocycles. The summed E-state index contributed by atoms with van der Waals surface area (Å²) in [7, 11) is 0. The summed E-state index contributed by atoms with van der Waals surface area (Å²) in [6, 6.07) is 18.2. The maximum absolute atomic E-state index is 13.4. The van der Waals surface area contributed by atoms with E-state index in [0.29, 0.717) is 23.5 Å². The zero-order valence-electron chi connectivity index (χ0n) is 19.4. The van der Waals surface area contributed by atoms with Gasteiger partial charge in [-0.25, -0.2) is 4.98 Å². The highest BCUT2D eigenvalue weighted by atomic mass is 32.2. The fourth-order valence-electron chi connectivity index (χ4n) is 4.39. The van der Waals surface area contributed by atoms with Crippen molar-refractivity contribution in [1.82, 2.24) is 14.5 Å². The fraction of sp³-hybridized carbons (Fsp3) is 0.346. The van der Waals surface area contributed by atoms with Crippen LogP contribution in [0.1, 0.15) is 18.2 Å². The van der Waals surface area contributed by atoms with E-state index in [0.717, 1.165) is 41.4 Å². The first-order valence-corrected chi connectivity index (χ1v) is 13.5. The molecule has 176 valence electrons. The Balaban J connectivity index is 1.32. The lowest BCUT2D eigenvalue weighted by Crippen LogP contribution is -2.49. The maximum atomic E-state index is 13.4. The number of aryl methyl sites for hydroxylation is 1. The molecule has 0 radical (unpaired) electrons. The number of para-hydroxylation sites is 1. The van der Waals surface area contributed by atoms with Gasteiger partial charge >= 0.3 is 0 Å². The lowest BCUT2D eigenvalue weighted by Gasteiger charge is -2.36. The molecule has 0 unspecified atom stereocenters. The molecule has 0 saturated carbocycles. The summed E-state index contributed by atoms with van der Waals surface area (Å²) in [4.78, 5) is 36.3. The van der Waals surface area contributed by atoms with Crippen molar-refractivity contribution in [3.8, 4) is 5.69 Å². The molecule has 0 bridgehead atoms. The standard InChI is InChI=1S/C26H28N4O2S2/c1-18-8-10-21(11-9-18)30-25(32)24-22(16-19(2)34-24)27-26(30)33-17-23(31)29-14-12-28(13-15-29)20-6-4-3-5-7-20/h3-11,19H,12-17H2,1-2H3/t19-/m1/s1. The molecule has 0 N–H and O–H groups in total. The number of hydrogen-bond donors (Lipinski definition) is 0. The molecular formula is C26H28N4O2S2. The second-order valence-corrected chi connectivity index (χ2v) is 11.2. The van der Waals surface area contributed by atoms with Gasteiger partial charge in [0.25, 0.3) is 5.56 Å². The molecule has 1 aromatic heterocycles. The Morgan fingerprint density at radius 3 is 2.44 bits per heavy atom. The molecular weight excluding hydrogens is 464 g/mol. The summed E-state index contributed by atoms with van der Waals surface area (Å²) in [5.74, 6) is 0.358. The van der Waals surface area contributed by atoms with E-state index < -0.39 is 0 Å². The smallest absolute Gasteiger partial charge is 0.272 e. The van der Waals surface area contributed by atoms with E-state index in [1.54, 1.807) is 16.3 Å². The fourth-order valence-corrected chi connectivity index (χ4v) is 6.42. The predicted molar refractivity (Wildman–Crippen MR) is 140 cm³/mol. The van der Waals surface area contributed by atoms with Gasteiger partial charge in [-0.05, 0) is 31.2 Å². The predicted octanol–water partition coefficient (Wildman–Crippen LogP) is 4.02. The van der Waals surface area contributed by atoms with Gasteiger partial charge in [0, 0.05) is 43.5 Å². The summed E-state index contributed by atoms with van der Waals surface area (Å²) in [6.45, 7) is 7.18. The SMILES string of the molecule is Cc1ccc(-n2c(SCC(=O)N3CCN(c4ccccc4)CC3)nc3c(c2=O)S[C@H](C)C3)cc1. The Kier molecular flexibility index (Phi) is 6.70. The summed E-state index contributed by atoms with van der Waals surface area (Å²) in [6.07, 6.45) is 0.785. The number of rotatable bonds is 5. The molecule has 0 aliphatic carbocycles. The minimum atomic E-state index is -0.0328. The minimum absolute atomic E-state index is 0.0328. The monoisotopic (exact) mass is 492 g/mol. The first-order valence-electron chi connectivity index (χ1n) is 11.6. The number of piperazine rings is 1. The Hall–Kier alpha value is -2.71. The third-order valence-corrected chi connectivity index (χ3v) is 8.39. The van der Waals surface area contributed by atoms with Crippen LogP contribution in [0.25, 0.3) is 5.69 Å². The Morgan fingerprint density at radius 1 is 1.03 bits per heavy atom. The van der Waals surface area contributed by atoms with E-state index in [1.807, 2.05) is 54.3 Å². The molecule has 1 fully saturated rings. The zero-order chi connectivity index (χ0) is 23.7. The lowest BCUT2D eigenvalue weighted by atomic mass is 10.2. The van der Waals surface area contributed by atoms with Crippen molar-refractivity contribution in [1.29, 1.82) is 0 Å². The van der Waals surface area contributed by atoms with Crippen molar-refractivity contribution >= 4 is 35.1 Å². The van der Waals surface area contributed by atoms with Crippen LogP contribution < -0.4 is 10.5 Å². The molecule has 8 heteroatoms. The van der Waals surface area contributed by atoms with Gasteiger partial charge in [-0.1, -0.05) is 54.6 Å². The third-order valence-electron chi connectivity index (χ3n) is 6.25. The van der Waals surface area contributed by atoms with Crippen LogP contribution in [0.3, 0.4) is 0 Å². The van der Waals surface area contributed by atoms with E-state index in [2.05, 4.69) is 24.0 Å². The van der Waals surface area contributed by atoms with E-state index in [-0.39, 0.29) is 17.2 Å². The number of nitrogens with zero attached hydrogens (tertiary/aromatic N) is 4. The van der Waals surface area contributed by atoms with E-state index >= 15 is 0 Å². The third kappa shape index (κ3) is 4.74. The van der Waals surface area contributed by atoms with Crippen molar-refractivity contribution in [3.05, 3.63) is 76.2 Å². The largest absolute Gasteiger partial charge is 0.368 e. The maximum Gasteiger partial charge on any atom is 0.272 e. The molecule has 6 nitrogen and oxygen atoms in total. The Morgan fingerprint density at radius 2 is 1.74 bits per heavy atom. The number of thioether (sulfide) groups is 2.